The summed E-state index contributed by atoms with van der Waals surface area (Å²) >= 11 is 0. The predicted molar refractivity (Wildman–Crippen MR) is 69.3 cm³/mol. The molecular weight excluding hydrogens is 230 g/mol. The molecule has 18 heavy (non-hydrogen) atoms. The fourth-order valence-corrected chi connectivity index (χ4v) is 2.00. The number of aliphatic hydroxyl groups excluding tert-OH is 1. The number of aliphatic hydroxyl groups is 1. The highest BCUT2D eigenvalue weighted by atomic mass is 16.3. The van der Waals surface area contributed by atoms with Gasteiger partial charge in [-0.05, 0) is 26.3 Å². The van der Waals surface area contributed by atoms with E-state index in [-0.39, 0.29) is 11.9 Å². The highest BCUT2D eigenvalue weighted by molar-refractivity contribution is 6.04. The molecule has 0 saturated heterocycles. The maximum atomic E-state index is 12.0. The highest BCUT2D eigenvalue weighted by Crippen LogP contribution is 2.15. The van der Waals surface area contributed by atoms with Crippen LogP contribution in [0.2, 0.25) is 0 Å². The Morgan fingerprint density at radius 2 is 2.17 bits per heavy atom. The number of H-pyrrole nitrogens is 1. The number of hydrogen-bond acceptors (Lipinski definition) is 3. The molecule has 1 heterocycles. The summed E-state index contributed by atoms with van der Waals surface area (Å²) in [6.07, 6.45) is 0.0879. The third kappa shape index (κ3) is 2.68. The molecule has 5 nitrogen and oxygen atoms in total. The molecule has 2 atom stereocenters. The van der Waals surface area contributed by atoms with Crippen LogP contribution in [0.5, 0.6) is 0 Å². The van der Waals surface area contributed by atoms with Crippen molar-refractivity contribution in [3.63, 3.8) is 0 Å². The molecule has 3 N–H and O–H groups in total. The van der Waals surface area contributed by atoms with E-state index < -0.39 is 6.10 Å². The van der Waals surface area contributed by atoms with Gasteiger partial charge in [-0.25, -0.2) is 0 Å². The molecule has 96 valence electrons. The molecule has 1 aromatic carbocycles. The lowest BCUT2D eigenvalue weighted by Crippen LogP contribution is -2.34. The Morgan fingerprint density at radius 1 is 1.44 bits per heavy atom. The number of rotatable bonds is 4. The summed E-state index contributed by atoms with van der Waals surface area (Å²) in [5.41, 5.74) is 1.23. The largest absolute Gasteiger partial charge is 0.393 e. The van der Waals surface area contributed by atoms with Crippen LogP contribution in [0.1, 0.15) is 30.8 Å². The van der Waals surface area contributed by atoms with Crippen molar-refractivity contribution in [3.05, 3.63) is 30.0 Å². The number of nitrogens with zero attached hydrogens (tertiary/aromatic N) is 1. The van der Waals surface area contributed by atoms with Crippen LogP contribution >= 0.6 is 0 Å². The van der Waals surface area contributed by atoms with Crippen LogP contribution in [0.15, 0.2) is 24.3 Å². The van der Waals surface area contributed by atoms with E-state index in [9.17, 15) is 9.90 Å². The third-order valence-electron chi connectivity index (χ3n) is 2.76. The summed E-state index contributed by atoms with van der Waals surface area (Å²) in [7, 11) is 0. The van der Waals surface area contributed by atoms with E-state index in [1.165, 1.54) is 0 Å². The molecule has 2 rings (SSSR count). The molecular formula is C13H17N3O2. The first-order chi connectivity index (χ1) is 8.58. The Kier molecular flexibility index (Phi) is 3.62. The second-order valence-electron chi connectivity index (χ2n) is 4.58. The number of fused-ring (bicyclic) bond motifs is 1. The molecule has 0 saturated carbocycles. The van der Waals surface area contributed by atoms with Crippen LogP contribution in [0, 0.1) is 0 Å². The van der Waals surface area contributed by atoms with Crippen molar-refractivity contribution >= 4 is 16.8 Å². The number of hydrogen-bond donors (Lipinski definition) is 3. The monoisotopic (exact) mass is 247 g/mol. The lowest BCUT2D eigenvalue weighted by molar-refractivity contribution is 0.0919. The Labute approximate surface area is 105 Å². The van der Waals surface area contributed by atoms with Crippen molar-refractivity contribution in [2.75, 3.05) is 0 Å². The Morgan fingerprint density at radius 3 is 2.89 bits per heavy atom. The van der Waals surface area contributed by atoms with Gasteiger partial charge in [0.25, 0.3) is 5.91 Å². The van der Waals surface area contributed by atoms with E-state index in [1.54, 1.807) is 6.92 Å². The SMILES string of the molecule is CC(O)CC(C)NC(=O)c1n[nH]c2ccccc12. The van der Waals surface area contributed by atoms with Crippen LogP contribution in [0.4, 0.5) is 0 Å². The molecule has 0 spiro atoms. The first kappa shape index (κ1) is 12.6. The van der Waals surface area contributed by atoms with Crippen LogP contribution in [-0.4, -0.2) is 33.4 Å². The minimum Gasteiger partial charge on any atom is -0.393 e. The van der Waals surface area contributed by atoms with Crippen molar-refractivity contribution in [1.82, 2.24) is 15.5 Å². The summed E-state index contributed by atoms with van der Waals surface area (Å²) in [5, 5.41) is 19.7. The number of nitrogens with one attached hydrogen (secondary N) is 2. The summed E-state index contributed by atoms with van der Waals surface area (Å²) in [4.78, 5) is 12.0. The quantitative estimate of drug-likeness (QED) is 0.765. The number of amides is 1. The molecule has 1 aromatic heterocycles. The second kappa shape index (κ2) is 5.18. The molecule has 0 aliphatic rings. The predicted octanol–water partition coefficient (Wildman–Crippen LogP) is 1.45. The number of carbonyl (C=O) groups is 1. The zero-order chi connectivity index (χ0) is 13.1. The molecule has 0 aliphatic carbocycles. The van der Waals surface area contributed by atoms with Gasteiger partial charge in [0.2, 0.25) is 0 Å². The van der Waals surface area contributed by atoms with Gasteiger partial charge in [-0.2, -0.15) is 5.10 Å². The van der Waals surface area contributed by atoms with E-state index in [0.29, 0.717) is 12.1 Å². The average molecular weight is 247 g/mol. The number of benzene rings is 1. The van der Waals surface area contributed by atoms with Crippen LogP contribution in [0.25, 0.3) is 10.9 Å². The third-order valence-corrected chi connectivity index (χ3v) is 2.76. The lowest BCUT2D eigenvalue weighted by Gasteiger charge is -2.14. The molecule has 0 fully saturated rings. The van der Waals surface area contributed by atoms with Gasteiger partial charge in [-0.15, -0.1) is 0 Å². The Balaban J connectivity index is 2.14. The van der Waals surface area contributed by atoms with Gasteiger partial charge in [-0.3, -0.25) is 9.89 Å². The van der Waals surface area contributed by atoms with Crippen LogP contribution in [0.3, 0.4) is 0 Å². The van der Waals surface area contributed by atoms with E-state index in [0.717, 1.165) is 10.9 Å². The molecule has 0 bridgehead atoms. The molecule has 2 aromatic rings. The summed E-state index contributed by atoms with van der Waals surface area (Å²) < 4.78 is 0. The van der Waals surface area contributed by atoms with Crippen LogP contribution < -0.4 is 5.32 Å². The van der Waals surface area contributed by atoms with Crippen molar-refractivity contribution in [3.8, 4) is 0 Å². The lowest BCUT2D eigenvalue weighted by atomic mass is 10.1. The number of aromatic nitrogens is 2. The summed E-state index contributed by atoms with van der Waals surface area (Å²) in [6.45, 7) is 3.56. The Hall–Kier alpha value is -1.88. The fraction of sp³-hybridized carbons (Fsp3) is 0.385. The average Bonchev–Trinajstić information content (AvgIpc) is 2.71. The van der Waals surface area contributed by atoms with Gasteiger partial charge in [0.15, 0.2) is 5.69 Å². The highest BCUT2D eigenvalue weighted by Gasteiger charge is 2.16. The first-order valence-corrected chi connectivity index (χ1v) is 6.00. The standard InChI is InChI=1S/C13H17N3O2/c1-8(7-9(2)17)14-13(18)12-10-5-3-4-6-11(10)15-16-12/h3-6,8-9,17H,7H2,1-2H3,(H,14,18)(H,15,16). The van der Waals surface area contributed by atoms with Crippen molar-refractivity contribution in [2.45, 2.75) is 32.4 Å². The zero-order valence-electron chi connectivity index (χ0n) is 10.5. The topological polar surface area (TPSA) is 78.0 Å². The van der Waals surface area contributed by atoms with Gasteiger partial charge < -0.3 is 10.4 Å². The van der Waals surface area contributed by atoms with Gasteiger partial charge in [0.05, 0.1) is 11.6 Å². The van der Waals surface area contributed by atoms with E-state index in [4.69, 9.17) is 0 Å². The minimum absolute atomic E-state index is 0.0898. The maximum Gasteiger partial charge on any atom is 0.272 e. The van der Waals surface area contributed by atoms with E-state index >= 15 is 0 Å². The van der Waals surface area contributed by atoms with E-state index in [2.05, 4.69) is 15.5 Å². The normalized spacial score (nSPS) is 14.4. The molecule has 5 heteroatoms. The van der Waals surface area contributed by atoms with Gasteiger partial charge >= 0.3 is 0 Å². The molecule has 1 amide bonds. The van der Waals surface area contributed by atoms with Gasteiger partial charge in [-0.1, -0.05) is 18.2 Å². The van der Waals surface area contributed by atoms with Crippen molar-refractivity contribution in [1.29, 1.82) is 0 Å². The number of para-hydroxylation sites is 1. The summed E-state index contributed by atoms with van der Waals surface area (Å²) in [5.74, 6) is -0.222. The van der Waals surface area contributed by atoms with Crippen molar-refractivity contribution < 1.29 is 9.90 Å². The zero-order valence-corrected chi connectivity index (χ0v) is 10.5. The maximum absolute atomic E-state index is 12.0. The molecule has 0 aliphatic heterocycles. The number of carbonyl (C=O) groups excluding carboxylic acids is 1. The fourth-order valence-electron chi connectivity index (χ4n) is 2.00. The smallest absolute Gasteiger partial charge is 0.272 e. The van der Waals surface area contributed by atoms with Gasteiger partial charge in [0, 0.05) is 11.4 Å². The minimum atomic E-state index is -0.434. The molecule has 0 radical (unpaired) electrons. The molecule has 2 unspecified atom stereocenters. The number of aromatic amines is 1. The Bertz CT molecular complexity index is 548. The summed E-state index contributed by atoms with van der Waals surface area (Å²) in [6, 6.07) is 7.39. The second-order valence-corrected chi connectivity index (χ2v) is 4.58. The van der Waals surface area contributed by atoms with E-state index in [1.807, 2.05) is 31.2 Å². The van der Waals surface area contributed by atoms with Crippen molar-refractivity contribution in [2.24, 2.45) is 0 Å². The van der Waals surface area contributed by atoms with Crippen LogP contribution in [-0.2, 0) is 0 Å². The van der Waals surface area contributed by atoms with Gasteiger partial charge in [0.1, 0.15) is 0 Å². The first-order valence-electron chi connectivity index (χ1n) is 6.00.